The maximum Gasteiger partial charge on any atom is 0.415 e. The minimum absolute atomic E-state index is 0.178. The van der Waals surface area contributed by atoms with Gasteiger partial charge < -0.3 is 10.6 Å². The molecule has 0 fully saturated rings. The fourth-order valence-electron chi connectivity index (χ4n) is 1.93. The average Bonchev–Trinajstić information content (AvgIpc) is 2.69. The molecule has 1 aromatic rings. The Bertz CT molecular complexity index is 457. The number of fused-ring (bicyclic) bond motifs is 1. The number of nitrogens with zero attached hydrogens (tertiary/aromatic N) is 1. The van der Waals surface area contributed by atoms with E-state index in [0.29, 0.717) is 6.92 Å². The predicted octanol–water partition coefficient (Wildman–Crippen LogP) is 1.81. The fraction of sp³-hybridized carbons (Fsp3) is 0.417. The van der Waals surface area contributed by atoms with Crippen molar-refractivity contribution in [3.8, 4) is 0 Å². The number of hydrogen-bond donors (Lipinski definition) is 1. The molecule has 0 saturated heterocycles. The van der Waals surface area contributed by atoms with Crippen LogP contribution >= 0.6 is 0 Å². The Morgan fingerprint density at radius 2 is 1.67 bits per heavy atom. The van der Waals surface area contributed by atoms with Crippen molar-refractivity contribution in [3.63, 3.8) is 0 Å². The van der Waals surface area contributed by atoms with Crippen LogP contribution in [0.5, 0.6) is 0 Å². The molecule has 1 aromatic carbocycles. The number of carbonyl (C=O) groups is 1. The van der Waals surface area contributed by atoms with Crippen molar-refractivity contribution < 1.29 is 18.0 Å². The third-order valence-corrected chi connectivity index (χ3v) is 3.16. The first-order valence-corrected chi connectivity index (χ1v) is 5.45. The van der Waals surface area contributed by atoms with Crippen LogP contribution in [0.25, 0.3) is 0 Å². The lowest BCUT2D eigenvalue weighted by Gasteiger charge is -2.30. The van der Waals surface area contributed by atoms with Crippen LogP contribution in [-0.4, -0.2) is 22.5 Å². The highest BCUT2D eigenvalue weighted by Gasteiger charge is 2.55. The molecule has 0 spiro atoms. The number of rotatable bonds is 1. The van der Waals surface area contributed by atoms with E-state index in [1.165, 1.54) is 0 Å². The number of nitrogens with two attached hydrogens (primary N) is 1. The highest BCUT2D eigenvalue weighted by atomic mass is 19.4. The monoisotopic (exact) mass is 258 g/mol. The second-order valence-corrected chi connectivity index (χ2v) is 4.63. The normalized spacial score (nSPS) is 18.4. The van der Waals surface area contributed by atoms with Gasteiger partial charge in [0.1, 0.15) is 0 Å². The van der Waals surface area contributed by atoms with E-state index in [0.717, 1.165) is 16.0 Å². The van der Waals surface area contributed by atoms with E-state index in [9.17, 15) is 18.0 Å². The summed E-state index contributed by atoms with van der Waals surface area (Å²) in [6, 6.07) is 7.17. The SMILES string of the molecule is CC(N)(C(=O)N1Cc2ccccc2C1)C(F)(F)F. The van der Waals surface area contributed by atoms with E-state index >= 15 is 0 Å². The Morgan fingerprint density at radius 1 is 1.22 bits per heavy atom. The molecular weight excluding hydrogens is 245 g/mol. The summed E-state index contributed by atoms with van der Waals surface area (Å²) in [5.41, 5.74) is 4.03. The van der Waals surface area contributed by atoms with Gasteiger partial charge in [-0.1, -0.05) is 24.3 Å². The zero-order chi connectivity index (χ0) is 13.6. The second kappa shape index (κ2) is 3.98. The highest BCUT2D eigenvalue weighted by Crippen LogP contribution is 2.32. The summed E-state index contributed by atoms with van der Waals surface area (Å²) in [6.07, 6.45) is -4.75. The summed E-state index contributed by atoms with van der Waals surface area (Å²) in [4.78, 5) is 13.0. The first-order valence-electron chi connectivity index (χ1n) is 5.45. The van der Waals surface area contributed by atoms with Gasteiger partial charge in [-0.25, -0.2) is 0 Å². The Labute approximate surface area is 102 Å². The van der Waals surface area contributed by atoms with E-state index in [1.54, 1.807) is 24.3 Å². The quantitative estimate of drug-likeness (QED) is 0.835. The summed E-state index contributed by atoms with van der Waals surface area (Å²) >= 11 is 0. The first-order chi connectivity index (χ1) is 8.23. The van der Waals surface area contributed by atoms with E-state index < -0.39 is 17.6 Å². The molecule has 1 heterocycles. The van der Waals surface area contributed by atoms with Gasteiger partial charge in [0.05, 0.1) is 0 Å². The molecule has 18 heavy (non-hydrogen) atoms. The maximum atomic E-state index is 12.7. The van der Waals surface area contributed by atoms with Gasteiger partial charge in [0, 0.05) is 13.1 Å². The van der Waals surface area contributed by atoms with Gasteiger partial charge in [-0.3, -0.25) is 4.79 Å². The predicted molar refractivity (Wildman–Crippen MR) is 59.3 cm³/mol. The van der Waals surface area contributed by atoms with Crippen molar-refractivity contribution in [1.82, 2.24) is 4.90 Å². The Morgan fingerprint density at radius 3 is 2.06 bits per heavy atom. The van der Waals surface area contributed by atoms with Crippen LogP contribution in [0, 0.1) is 0 Å². The zero-order valence-electron chi connectivity index (χ0n) is 9.79. The molecule has 0 radical (unpaired) electrons. The molecule has 3 nitrogen and oxygen atoms in total. The summed E-state index contributed by atoms with van der Waals surface area (Å²) in [7, 11) is 0. The number of benzene rings is 1. The maximum absolute atomic E-state index is 12.7. The smallest absolute Gasteiger partial charge is 0.332 e. The molecule has 0 bridgehead atoms. The topological polar surface area (TPSA) is 46.3 Å². The van der Waals surface area contributed by atoms with Crippen molar-refractivity contribution >= 4 is 5.91 Å². The summed E-state index contributed by atoms with van der Waals surface area (Å²) in [5.74, 6) is -1.09. The fourth-order valence-corrected chi connectivity index (χ4v) is 1.93. The van der Waals surface area contributed by atoms with Gasteiger partial charge in [-0.05, 0) is 18.1 Å². The van der Waals surface area contributed by atoms with Crippen LogP contribution in [0.4, 0.5) is 13.2 Å². The molecule has 0 saturated carbocycles. The lowest BCUT2D eigenvalue weighted by atomic mass is 10.0. The number of alkyl halides is 3. The second-order valence-electron chi connectivity index (χ2n) is 4.63. The van der Waals surface area contributed by atoms with E-state index in [4.69, 9.17) is 5.73 Å². The molecule has 2 rings (SSSR count). The van der Waals surface area contributed by atoms with Crippen molar-refractivity contribution in [1.29, 1.82) is 0 Å². The number of carbonyl (C=O) groups excluding carboxylic acids is 1. The van der Waals surface area contributed by atoms with Gasteiger partial charge >= 0.3 is 6.18 Å². The molecule has 0 aliphatic carbocycles. The summed E-state index contributed by atoms with van der Waals surface area (Å²) in [5, 5.41) is 0. The minimum atomic E-state index is -4.75. The average molecular weight is 258 g/mol. The summed E-state index contributed by atoms with van der Waals surface area (Å²) in [6.45, 7) is 1.06. The van der Waals surface area contributed by atoms with Crippen LogP contribution in [0.15, 0.2) is 24.3 Å². The molecule has 0 aromatic heterocycles. The van der Waals surface area contributed by atoms with Gasteiger partial charge in [0.25, 0.3) is 5.91 Å². The van der Waals surface area contributed by atoms with Crippen molar-refractivity contribution in [3.05, 3.63) is 35.4 Å². The van der Waals surface area contributed by atoms with Crippen LogP contribution in [0.3, 0.4) is 0 Å². The number of amides is 1. The minimum Gasteiger partial charge on any atom is -0.332 e. The van der Waals surface area contributed by atoms with Gasteiger partial charge in [0.15, 0.2) is 5.54 Å². The third kappa shape index (κ3) is 1.96. The Kier molecular flexibility index (Phi) is 2.85. The molecular formula is C12H13F3N2O. The molecule has 1 aliphatic rings. The van der Waals surface area contributed by atoms with E-state index in [-0.39, 0.29) is 13.1 Å². The molecule has 98 valence electrons. The molecule has 1 atom stereocenters. The van der Waals surface area contributed by atoms with Crippen LogP contribution in [0.2, 0.25) is 0 Å². The lowest BCUT2D eigenvalue weighted by molar-refractivity contribution is -0.194. The molecule has 6 heteroatoms. The molecule has 1 unspecified atom stereocenters. The Balaban J connectivity index is 2.20. The van der Waals surface area contributed by atoms with E-state index in [1.807, 2.05) is 0 Å². The number of hydrogen-bond acceptors (Lipinski definition) is 2. The largest absolute Gasteiger partial charge is 0.415 e. The van der Waals surface area contributed by atoms with Gasteiger partial charge in [-0.2, -0.15) is 13.2 Å². The third-order valence-electron chi connectivity index (χ3n) is 3.16. The first kappa shape index (κ1) is 12.9. The lowest BCUT2D eigenvalue weighted by Crippen LogP contribution is -2.61. The van der Waals surface area contributed by atoms with Crippen molar-refractivity contribution in [2.24, 2.45) is 5.73 Å². The highest BCUT2D eigenvalue weighted by molar-refractivity contribution is 5.87. The molecule has 2 N–H and O–H groups in total. The number of halogens is 3. The van der Waals surface area contributed by atoms with Crippen LogP contribution in [-0.2, 0) is 17.9 Å². The standard InChI is InChI=1S/C12H13F3N2O/c1-11(16,12(13,14)15)10(18)17-6-8-4-2-3-5-9(8)7-17/h2-5H,6-7,16H2,1H3. The van der Waals surface area contributed by atoms with Crippen molar-refractivity contribution in [2.75, 3.05) is 0 Å². The summed E-state index contributed by atoms with van der Waals surface area (Å²) < 4.78 is 38.1. The molecule has 1 amide bonds. The molecule has 1 aliphatic heterocycles. The van der Waals surface area contributed by atoms with Gasteiger partial charge in [0.2, 0.25) is 0 Å². The van der Waals surface area contributed by atoms with Gasteiger partial charge in [-0.15, -0.1) is 0 Å². The zero-order valence-corrected chi connectivity index (χ0v) is 9.79. The van der Waals surface area contributed by atoms with Crippen molar-refractivity contribution in [2.45, 2.75) is 31.7 Å². The van der Waals surface area contributed by atoms with E-state index in [2.05, 4.69) is 0 Å². The van der Waals surface area contributed by atoms with Crippen LogP contribution < -0.4 is 5.73 Å². The van der Waals surface area contributed by atoms with Crippen LogP contribution in [0.1, 0.15) is 18.1 Å². The Hall–Kier alpha value is -1.56.